The first kappa shape index (κ1) is 13.0. The fourth-order valence-electron chi connectivity index (χ4n) is 1.72. The number of anilines is 4. The third-order valence-corrected chi connectivity index (χ3v) is 4.60. The second-order valence-electron chi connectivity index (χ2n) is 4.06. The van der Waals surface area contributed by atoms with Gasteiger partial charge in [-0.2, -0.15) is 0 Å². The van der Waals surface area contributed by atoms with Gasteiger partial charge >= 0.3 is 0 Å². The van der Waals surface area contributed by atoms with E-state index >= 15 is 0 Å². The molecule has 0 bridgehead atoms. The highest BCUT2D eigenvalue weighted by Gasteiger charge is 2.23. The molecule has 0 heterocycles. The van der Waals surface area contributed by atoms with Crippen LogP contribution in [0.3, 0.4) is 0 Å². The van der Waals surface area contributed by atoms with Crippen LogP contribution in [0.4, 0.5) is 22.7 Å². The highest BCUT2D eigenvalue weighted by atomic mass is 32.2. The van der Waals surface area contributed by atoms with Crippen LogP contribution in [0.15, 0.2) is 46.2 Å². The minimum absolute atomic E-state index is 0.00352. The van der Waals surface area contributed by atoms with Crippen LogP contribution < -0.4 is 22.9 Å². The molecule has 0 amide bonds. The topological polar surface area (TPSA) is 138 Å². The van der Waals surface area contributed by atoms with Crippen molar-refractivity contribution in [1.82, 2.24) is 0 Å². The Morgan fingerprint density at radius 3 is 1.84 bits per heavy atom. The Morgan fingerprint density at radius 2 is 1.32 bits per heavy atom. The maximum Gasteiger partial charge on any atom is 0.210 e. The van der Waals surface area contributed by atoms with E-state index in [0.29, 0.717) is 5.69 Å². The van der Waals surface area contributed by atoms with Crippen LogP contribution in [0.2, 0.25) is 0 Å². The Hall–Kier alpha value is -2.41. The maximum atomic E-state index is 12.5. The summed E-state index contributed by atoms with van der Waals surface area (Å²) < 4.78 is 25.0. The minimum atomic E-state index is -3.83. The molecule has 0 aliphatic carbocycles. The van der Waals surface area contributed by atoms with Gasteiger partial charge in [0.25, 0.3) is 0 Å². The molecule has 0 saturated carbocycles. The third-order valence-electron chi connectivity index (χ3n) is 2.71. The van der Waals surface area contributed by atoms with Gasteiger partial charge in [0.05, 0.1) is 27.6 Å². The molecule has 0 fully saturated rings. The molecule has 2 aromatic rings. The largest absolute Gasteiger partial charge is 0.398 e. The molecule has 6 nitrogen and oxygen atoms in total. The summed E-state index contributed by atoms with van der Waals surface area (Å²) in [5, 5.41) is 0. The molecule has 0 atom stereocenters. The summed E-state index contributed by atoms with van der Waals surface area (Å²) >= 11 is 0. The van der Waals surface area contributed by atoms with Crippen LogP contribution in [0, 0.1) is 0 Å². The van der Waals surface area contributed by atoms with Crippen molar-refractivity contribution in [3.8, 4) is 0 Å². The smallest absolute Gasteiger partial charge is 0.210 e. The van der Waals surface area contributed by atoms with E-state index in [0.717, 1.165) is 0 Å². The van der Waals surface area contributed by atoms with Gasteiger partial charge in [-0.3, -0.25) is 0 Å². The van der Waals surface area contributed by atoms with E-state index in [-0.39, 0.29) is 26.9 Å². The van der Waals surface area contributed by atoms with Gasteiger partial charge in [0.1, 0.15) is 4.90 Å². The second-order valence-corrected chi connectivity index (χ2v) is 5.95. The molecular weight excluding hydrogens is 264 g/mol. The lowest BCUT2D eigenvalue weighted by Gasteiger charge is -2.11. The summed E-state index contributed by atoms with van der Waals surface area (Å²) in [6.45, 7) is 0. The van der Waals surface area contributed by atoms with Gasteiger partial charge < -0.3 is 22.9 Å². The number of rotatable bonds is 2. The Bertz CT molecular complexity index is 721. The number of hydrogen-bond donors (Lipinski definition) is 4. The molecule has 7 heteroatoms. The Labute approximate surface area is 110 Å². The zero-order valence-corrected chi connectivity index (χ0v) is 10.8. The standard InChI is InChI=1S/C12H14N4O2S/c13-8-5-4-7(6-11(8)16)19(17,18)12-9(14)2-1-3-10(12)15/h1-6H,13-16H2. The number of sulfone groups is 1. The Morgan fingerprint density at radius 1 is 0.737 bits per heavy atom. The van der Waals surface area contributed by atoms with Crippen LogP contribution in [-0.2, 0) is 9.84 Å². The summed E-state index contributed by atoms with van der Waals surface area (Å²) in [7, 11) is -3.83. The number of nitrogen functional groups attached to an aromatic ring is 4. The van der Waals surface area contributed by atoms with Crippen molar-refractivity contribution < 1.29 is 8.42 Å². The zero-order chi connectivity index (χ0) is 14.2. The number of hydrogen-bond acceptors (Lipinski definition) is 6. The molecule has 0 saturated heterocycles. The van der Waals surface area contributed by atoms with E-state index in [4.69, 9.17) is 22.9 Å². The summed E-state index contributed by atoms with van der Waals surface area (Å²) in [4.78, 5) is -0.108. The van der Waals surface area contributed by atoms with Gasteiger partial charge in [0, 0.05) is 0 Å². The van der Waals surface area contributed by atoms with Crippen molar-refractivity contribution in [3.05, 3.63) is 36.4 Å². The summed E-state index contributed by atoms with van der Waals surface area (Å²) in [6, 6.07) is 8.62. The first-order chi connectivity index (χ1) is 8.84. The average Bonchev–Trinajstić information content (AvgIpc) is 2.32. The number of nitrogens with two attached hydrogens (primary N) is 4. The van der Waals surface area contributed by atoms with Crippen LogP contribution in [0.25, 0.3) is 0 Å². The van der Waals surface area contributed by atoms with Gasteiger partial charge in [-0.15, -0.1) is 0 Å². The van der Waals surface area contributed by atoms with E-state index in [9.17, 15) is 8.42 Å². The van der Waals surface area contributed by atoms with Crippen molar-refractivity contribution in [2.24, 2.45) is 0 Å². The van der Waals surface area contributed by atoms with Crippen molar-refractivity contribution in [3.63, 3.8) is 0 Å². The molecule has 0 unspecified atom stereocenters. The van der Waals surface area contributed by atoms with Gasteiger partial charge in [0.2, 0.25) is 9.84 Å². The van der Waals surface area contributed by atoms with Gasteiger partial charge in [-0.05, 0) is 30.3 Å². The highest BCUT2D eigenvalue weighted by molar-refractivity contribution is 7.91. The van der Waals surface area contributed by atoms with Gasteiger partial charge in [0.15, 0.2) is 0 Å². The molecule has 100 valence electrons. The molecular formula is C12H14N4O2S. The molecule has 2 rings (SSSR count). The van der Waals surface area contributed by atoms with Crippen molar-refractivity contribution in [1.29, 1.82) is 0 Å². The SMILES string of the molecule is Nc1ccc(S(=O)(=O)c2c(N)cccc2N)cc1N. The molecule has 0 radical (unpaired) electrons. The molecule has 0 spiro atoms. The fourth-order valence-corrected chi connectivity index (χ4v) is 3.24. The molecule has 8 N–H and O–H groups in total. The predicted molar refractivity (Wildman–Crippen MR) is 76.0 cm³/mol. The second kappa shape index (κ2) is 4.36. The third kappa shape index (κ3) is 2.15. The van der Waals surface area contributed by atoms with E-state index in [2.05, 4.69) is 0 Å². The quantitative estimate of drug-likeness (QED) is 0.601. The molecule has 2 aromatic carbocycles. The molecule has 0 aliphatic heterocycles. The molecule has 0 aliphatic rings. The van der Waals surface area contributed by atoms with E-state index in [1.54, 1.807) is 6.07 Å². The molecule has 0 aromatic heterocycles. The van der Waals surface area contributed by atoms with Gasteiger partial charge in [-0.25, -0.2) is 8.42 Å². The average molecular weight is 278 g/mol. The normalized spacial score (nSPS) is 11.4. The van der Waals surface area contributed by atoms with Gasteiger partial charge in [-0.1, -0.05) is 6.07 Å². The van der Waals surface area contributed by atoms with E-state index in [1.165, 1.54) is 30.3 Å². The van der Waals surface area contributed by atoms with E-state index < -0.39 is 9.84 Å². The maximum absolute atomic E-state index is 12.5. The Kier molecular flexibility index (Phi) is 2.99. The van der Waals surface area contributed by atoms with Crippen molar-refractivity contribution in [2.75, 3.05) is 22.9 Å². The molecule has 19 heavy (non-hydrogen) atoms. The Balaban J connectivity index is 2.69. The summed E-state index contributed by atoms with van der Waals surface area (Å²) in [5.74, 6) is 0. The minimum Gasteiger partial charge on any atom is -0.398 e. The lowest BCUT2D eigenvalue weighted by atomic mass is 10.3. The van der Waals surface area contributed by atoms with Crippen LogP contribution in [0.1, 0.15) is 0 Å². The van der Waals surface area contributed by atoms with E-state index in [1.807, 2.05) is 0 Å². The van der Waals surface area contributed by atoms with Crippen LogP contribution in [-0.4, -0.2) is 8.42 Å². The zero-order valence-electron chi connectivity index (χ0n) is 10.00. The van der Waals surface area contributed by atoms with Crippen molar-refractivity contribution in [2.45, 2.75) is 9.79 Å². The monoisotopic (exact) mass is 278 g/mol. The van der Waals surface area contributed by atoms with Crippen LogP contribution >= 0.6 is 0 Å². The van der Waals surface area contributed by atoms with Crippen molar-refractivity contribution >= 4 is 32.6 Å². The first-order valence-corrected chi connectivity index (χ1v) is 6.86. The lowest BCUT2D eigenvalue weighted by molar-refractivity contribution is 0.597. The summed E-state index contributed by atoms with van der Waals surface area (Å²) in [5.41, 5.74) is 23.3. The fraction of sp³-hybridized carbons (Fsp3) is 0. The summed E-state index contributed by atoms with van der Waals surface area (Å²) in [6.07, 6.45) is 0. The predicted octanol–water partition coefficient (Wildman–Crippen LogP) is 0.848. The first-order valence-electron chi connectivity index (χ1n) is 5.38. The lowest BCUT2D eigenvalue weighted by Crippen LogP contribution is -2.09. The number of benzene rings is 2. The van der Waals surface area contributed by atoms with Crippen LogP contribution in [0.5, 0.6) is 0 Å². The highest BCUT2D eigenvalue weighted by Crippen LogP contribution is 2.32.